The molecule has 0 radical (unpaired) electrons. The van der Waals surface area contributed by atoms with Crippen LogP contribution < -0.4 is 10.2 Å². The molecule has 0 unspecified atom stereocenters. The fraction of sp³-hybridized carbons (Fsp3) is 0.529. The van der Waals surface area contributed by atoms with Crippen molar-refractivity contribution >= 4 is 34.5 Å². The van der Waals surface area contributed by atoms with E-state index in [0.717, 1.165) is 35.1 Å². The molecule has 25 heavy (non-hydrogen) atoms. The van der Waals surface area contributed by atoms with E-state index in [-0.39, 0.29) is 5.91 Å². The van der Waals surface area contributed by atoms with Crippen LogP contribution in [-0.2, 0) is 11.3 Å². The molecule has 1 N–H and O–H groups in total. The van der Waals surface area contributed by atoms with Crippen LogP contribution in [0.5, 0.6) is 0 Å². The normalized spacial score (nSPS) is 15.2. The molecule has 3 rings (SSSR count). The first-order valence-electron chi connectivity index (χ1n) is 8.66. The van der Waals surface area contributed by atoms with Crippen LogP contribution in [-0.4, -0.2) is 51.5 Å². The van der Waals surface area contributed by atoms with Gasteiger partial charge in [0.15, 0.2) is 10.8 Å². The molecule has 0 aromatic carbocycles. The van der Waals surface area contributed by atoms with Crippen LogP contribution in [0.15, 0.2) is 23.5 Å². The minimum Gasteiger partial charge on any atom is -0.356 e. The Balaban J connectivity index is 1.84. The highest BCUT2D eigenvalue weighted by Gasteiger charge is 2.19. The third-order valence-electron chi connectivity index (χ3n) is 4.23. The number of anilines is 1. The van der Waals surface area contributed by atoms with E-state index in [0.29, 0.717) is 13.1 Å². The lowest BCUT2D eigenvalue weighted by Crippen LogP contribution is -2.30. The summed E-state index contributed by atoms with van der Waals surface area (Å²) in [4.78, 5) is 23.3. The summed E-state index contributed by atoms with van der Waals surface area (Å²) in [6.07, 6.45) is 10.8. The monoisotopic (exact) mass is 360 g/mol. The van der Waals surface area contributed by atoms with Gasteiger partial charge in [0, 0.05) is 19.6 Å². The SMILES string of the molecule is CC=CC(=O)NCCn1ncc2c(N3CCCCC3)nc(SC)nc21. The molecule has 0 aliphatic carbocycles. The molecular weight excluding hydrogens is 336 g/mol. The van der Waals surface area contributed by atoms with Crippen molar-refractivity contribution in [2.24, 2.45) is 0 Å². The van der Waals surface area contributed by atoms with Gasteiger partial charge < -0.3 is 10.2 Å². The van der Waals surface area contributed by atoms with E-state index in [2.05, 4.69) is 20.3 Å². The molecular formula is C17H24N6OS. The molecule has 1 aliphatic rings. The molecule has 2 aromatic rings. The Hall–Kier alpha value is -2.09. The number of fused-ring (bicyclic) bond motifs is 1. The average Bonchev–Trinajstić information content (AvgIpc) is 3.05. The number of hydrogen-bond donors (Lipinski definition) is 1. The van der Waals surface area contributed by atoms with Crippen molar-refractivity contribution in [3.05, 3.63) is 18.3 Å². The molecule has 1 amide bonds. The molecule has 2 aromatic heterocycles. The number of aromatic nitrogens is 4. The fourth-order valence-corrected chi connectivity index (χ4v) is 3.37. The molecule has 0 bridgehead atoms. The average molecular weight is 360 g/mol. The Morgan fingerprint density at radius 3 is 2.84 bits per heavy atom. The molecule has 7 nitrogen and oxygen atoms in total. The van der Waals surface area contributed by atoms with Crippen LogP contribution in [0, 0.1) is 0 Å². The Morgan fingerprint density at radius 1 is 1.32 bits per heavy atom. The highest BCUT2D eigenvalue weighted by atomic mass is 32.2. The predicted octanol–water partition coefficient (Wildman–Crippen LogP) is 2.23. The van der Waals surface area contributed by atoms with Gasteiger partial charge >= 0.3 is 0 Å². The van der Waals surface area contributed by atoms with Crippen molar-refractivity contribution in [2.75, 3.05) is 30.8 Å². The van der Waals surface area contributed by atoms with Crippen LogP contribution >= 0.6 is 11.8 Å². The first kappa shape index (κ1) is 17.7. The zero-order valence-electron chi connectivity index (χ0n) is 14.7. The number of carbonyl (C=O) groups is 1. The van der Waals surface area contributed by atoms with Gasteiger partial charge in [-0.1, -0.05) is 17.8 Å². The first-order valence-corrected chi connectivity index (χ1v) is 9.88. The summed E-state index contributed by atoms with van der Waals surface area (Å²) in [6.45, 7) is 4.98. The quantitative estimate of drug-likeness (QED) is 0.484. The lowest BCUT2D eigenvalue weighted by Gasteiger charge is -2.28. The largest absolute Gasteiger partial charge is 0.356 e. The number of amides is 1. The number of nitrogens with zero attached hydrogens (tertiary/aromatic N) is 5. The number of nitrogens with one attached hydrogen (secondary N) is 1. The van der Waals surface area contributed by atoms with Gasteiger partial charge in [0.25, 0.3) is 0 Å². The number of thioether (sulfide) groups is 1. The van der Waals surface area contributed by atoms with Gasteiger partial charge in [0.2, 0.25) is 5.91 Å². The van der Waals surface area contributed by atoms with E-state index < -0.39 is 0 Å². The summed E-state index contributed by atoms with van der Waals surface area (Å²) in [5.74, 6) is 0.894. The maximum Gasteiger partial charge on any atom is 0.243 e. The topological polar surface area (TPSA) is 75.9 Å². The number of hydrogen-bond acceptors (Lipinski definition) is 6. The third-order valence-corrected chi connectivity index (χ3v) is 4.78. The lowest BCUT2D eigenvalue weighted by atomic mass is 10.1. The van der Waals surface area contributed by atoms with E-state index in [4.69, 9.17) is 4.98 Å². The van der Waals surface area contributed by atoms with Gasteiger partial charge in [0.05, 0.1) is 18.1 Å². The molecule has 1 saturated heterocycles. The predicted molar refractivity (Wildman–Crippen MR) is 101 cm³/mol. The van der Waals surface area contributed by atoms with Crippen molar-refractivity contribution in [2.45, 2.75) is 37.9 Å². The van der Waals surface area contributed by atoms with Gasteiger partial charge in [-0.3, -0.25) is 4.79 Å². The van der Waals surface area contributed by atoms with Gasteiger partial charge in [-0.25, -0.2) is 14.6 Å². The Labute approximate surface area is 151 Å². The maximum absolute atomic E-state index is 11.5. The van der Waals surface area contributed by atoms with E-state index in [1.165, 1.54) is 25.3 Å². The summed E-state index contributed by atoms with van der Waals surface area (Å²) in [5, 5.41) is 9.07. The van der Waals surface area contributed by atoms with E-state index in [9.17, 15) is 4.79 Å². The molecule has 0 spiro atoms. The number of piperidine rings is 1. The highest BCUT2D eigenvalue weighted by Crippen LogP contribution is 2.28. The van der Waals surface area contributed by atoms with Crippen molar-refractivity contribution in [1.29, 1.82) is 0 Å². The third kappa shape index (κ3) is 4.12. The standard InChI is InChI=1S/C17H24N6OS/c1-3-7-14(24)18-8-11-23-16-13(12-19-23)15(20-17(21-16)25-2)22-9-5-4-6-10-22/h3,7,12H,4-6,8-11H2,1-2H3,(H,18,24). The molecule has 8 heteroatoms. The smallest absolute Gasteiger partial charge is 0.243 e. The summed E-state index contributed by atoms with van der Waals surface area (Å²) < 4.78 is 1.85. The maximum atomic E-state index is 11.5. The Bertz CT molecular complexity index is 766. The molecule has 1 aliphatic heterocycles. The second-order valence-corrected chi connectivity index (χ2v) is 6.75. The van der Waals surface area contributed by atoms with Crippen molar-refractivity contribution < 1.29 is 4.79 Å². The fourth-order valence-electron chi connectivity index (χ4n) is 3.02. The van der Waals surface area contributed by atoms with Gasteiger partial charge in [-0.2, -0.15) is 5.10 Å². The second-order valence-electron chi connectivity index (χ2n) is 5.98. The zero-order valence-corrected chi connectivity index (χ0v) is 15.6. The van der Waals surface area contributed by atoms with Gasteiger partial charge in [-0.15, -0.1) is 0 Å². The Morgan fingerprint density at radius 2 is 2.12 bits per heavy atom. The van der Waals surface area contributed by atoms with Crippen LogP contribution in [0.3, 0.4) is 0 Å². The van der Waals surface area contributed by atoms with Crippen molar-refractivity contribution in [3.63, 3.8) is 0 Å². The van der Waals surface area contributed by atoms with Crippen molar-refractivity contribution in [1.82, 2.24) is 25.1 Å². The molecule has 0 saturated carbocycles. The van der Waals surface area contributed by atoms with Gasteiger partial charge in [0.1, 0.15) is 5.82 Å². The highest BCUT2D eigenvalue weighted by molar-refractivity contribution is 7.98. The summed E-state index contributed by atoms with van der Waals surface area (Å²) in [7, 11) is 0. The number of allylic oxidation sites excluding steroid dienone is 1. The van der Waals surface area contributed by atoms with Crippen LogP contribution in [0.25, 0.3) is 11.0 Å². The van der Waals surface area contributed by atoms with Crippen LogP contribution in [0.1, 0.15) is 26.2 Å². The van der Waals surface area contributed by atoms with E-state index in [1.807, 2.05) is 24.1 Å². The molecule has 3 heterocycles. The minimum atomic E-state index is -0.0904. The van der Waals surface area contributed by atoms with Crippen LogP contribution in [0.2, 0.25) is 0 Å². The lowest BCUT2D eigenvalue weighted by molar-refractivity contribution is -0.116. The molecule has 134 valence electrons. The van der Waals surface area contributed by atoms with Crippen LogP contribution in [0.4, 0.5) is 5.82 Å². The van der Waals surface area contributed by atoms with E-state index >= 15 is 0 Å². The second kappa shape index (κ2) is 8.33. The van der Waals surface area contributed by atoms with Gasteiger partial charge in [-0.05, 0) is 38.5 Å². The Kier molecular flexibility index (Phi) is 5.91. The summed E-state index contributed by atoms with van der Waals surface area (Å²) >= 11 is 1.54. The summed E-state index contributed by atoms with van der Waals surface area (Å²) in [5.41, 5.74) is 0.834. The number of rotatable bonds is 6. The molecule has 1 fully saturated rings. The number of carbonyl (C=O) groups excluding carboxylic acids is 1. The molecule has 0 atom stereocenters. The van der Waals surface area contributed by atoms with E-state index in [1.54, 1.807) is 17.8 Å². The minimum absolute atomic E-state index is 0.0904. The summed E-state index contributed by atoms with van der Waals surface area (Å²) in [6, 6.07) is 0. The van der Waals surface area contributed by atoms with Crippen molar-refractivity contribution in [3.8, 4) is 0 Å². The first-order chi connectivity index (χ1) is 12.2. The zero-order chi connectivity index (χ0) is 17.6.